The molecule has 0 bridgehead atoms. The first-order valence-corrected chi connectivity index (χ1v) is 11.1. The standard InChI is InChI=1S/C23H30N4O6/c1-22(2,3)18-11-16(9-10-26(18)21(28)29)15-5-7-17(8-6-15)32-14-23(4)13-25-12-19(27(30)31)24-20(25)33-23/h5-8,12,16,18H,9-11,13-14H2,1-4H3,(H,28,29)/t16?,18-,23?/m1/s1. The molecule has 1 N–H and O–H groups in total. The highest BCUT2D eigenvalue weighted by Crippen LogP contribution is 2.39. The van der Waals surface area contributed by atoms with Crippen LogP contribution in [0.1, 0.15) is 52.0 Å². The summed E-state index contributed by atoms with van der Waals surface area (Å²) in [6.07, 6.45) is 2.11. The zero-order valence-corrected chi connectivity index (χ0v) is 19.4. The van der Waals surface area contributed by atoms with Crippen LogP contribution in [-0.4, -0.2) is 55.4 Å². The van der Waals surface area contributed by atoms with Crippen molar-refractivity contribution >= 4 is 11.9 Å². The summed E-state index contributed by atoms with van der Waals surface area (Å²) in [5.74, 6) is 0.767. The van der Waals surface area contributed by atoms with Crippen LogP contribution in [0.3, 0.4) is 0 Å². The van der Waals surface area contributed by atoms with E-state index in [0.717, 1.165) is 12.8 Å². The minimum Gasteiger partial charge on any atom is -0.489 e. The molecule has 2 unspecified atom stereocenters. The average molecular weight is 459 g/mol. The van der Waals surface area contributed by atoms with E-state index in [-0.39, 0.29) is 29.9 Å². The third-order valence-electron chi connectivity index (χ3n) is 6.50. The summed E-state index contributed by atoms with van der Waals surface area (Å²) in [6, 6.07) is 8.13. The van der Waals surface area contributed by atoms with E-state index in [4.69, 9.17) is 9.47 Å². The molecule has 1 saturated heterocycles. The monoisotopic (exact) mass is 458 g/mol. The molecule has 3 heterocycles. The van der Waals surface area contributed by atoms with Gasteiger partial charge in [-0.2, -0.15) is 0 Å². The number of rotatable bonds is 5. The summed E-state index contributed by atoms with van der Waals surface area (Å²) in [5, 5.41) is 20.4. The van der Waals surface area contributed by atoms with E-state index in [2.05, 4.69) is 25.8 Å². The van der Waals surface area contributed by atoms with Crippen molar-refractivity contribution in [2.75, 3.05) is 13.2 Å². The predicted molar refractivity (Wildman–Crippen MR) is 120 cm³/mol. The average Bonchev–Trinajstić information content (AvgIpc) is 3.27. The van der Waals surface area contributed by atoms with E-state index in [9.17, 15) is 20.0 Å². The van der Waals surface area contributed by atoms with Gasteiger partial charge >= 0.3 is 17.9 Å². The number of aromatic nitrogens is 2. The molecular formula is C23H30N4O6. The molecular weight excluding hydrogens is 428 g/mol. The van der Waals surface area contributed by atoms with E-state index >= 15 is 0 Å². The second-order valence-electron chi connectivity index (χ2n) is 10.3. The van der Waals surface area contributed by atoms with Gasteiger partial charge in [0, 0.05) is 17.6 Å². The second-order valence-corrected chi connectivity index (χ2v) is 10.3. The maximum atomic E-state index is 11.7. The second kappa shape index (κ2) is 8.24. The summed E-state index contributed by atoms with van der Waals surface area (Å²) in [7, 11) is 0. The number of hydrogen-bond acceptors (Lipinski definition) is 6. The van der Waals surface area contributed by atoms with Crippen LogP contribution in [0.15, 0.2) is 30.5 Å². The minimum absolute atomic E-state index is 0.0358. The molecule has 1 aromatic carbocycles. The topological polar surface area (TPSA) is 120 Å². The molecule has 1 aromatic heterocycles. The van der Waals surface area contributed by atoms with Crippen molar-refractivity contribution in [3.8, 4) is 11.8 Å². The molecule has 2 aliphatic rings. The van der Waals surface area contributed by atoms with E-state index in [1.165, 1.54) is 11.8 Å². The number of hydrogen-bond donors (Lipinski definition) is 1. The molecule has 0 radical (unpaired) electrons. The van der Waals surface area contributed by atoms with Crippen LogP contribution in [0.25, 0.3) is 0 Å². The Balaban J connectivity index is 1.36. The van der Waals surface area contributed by atoms with Crippen molar-refractivity contribution in [1.29, 1.82) is 0 Å². The van der Waals surface area contributed by atoms with Crippen LogP contribution in [0.4, 0.5) is 10.6 Å². The van der Waals surface area contributed by atoms with Crippen molar-refractivity contribution in [2.24, 2.45) is 5.41 Å². The molecule has 0 aliphatic carbocycles. The van der Waals surface area contributed by atoms with Gasteiger partial charge in [-0.1, -0.05) is 32.9 Å². The van der Waals surface area contributed by atoms with Gasteiger partial charge in [0.15, 0.2) is 5.60 Å². The normalized spacial score (nSPS) is 24.8. The Hall–Kier alpha value is -3.30. The fourth-order valence-electron chi connectivity index (χ4n) is 4.75. The molecule has 33 heavy (non-hydrogen) atoms. The van der Waals surface area contributed by atoms with E-state index < -0.39 is 16.6 Å². The highest BCUT2D eigenvalue weighted by molar-refractivity contribution is 5.65. The SMILES string of the molecule is CC1(COc2ccc(C3CCN(C(=O)O)[C@@H](C(C)(C)C)C3)cc2)Cn2cc([N+](=O)[O-])nc2O1. The van der Waals surface area contributed by atoms with Gasteiger partial charge in [-0.3, -0.25) is 4.57 Å². The smallest absolute Gasteiger partial charge is 0.415 e. The maximum absolute atomic E-state index is 11.7. The van der Waals surface area contributed by atoms with Gasteiger partial charge < -0.3 is 29.6 Å². The van der Waals surface area contributed by atoms with Gasteiger partial charge in [-0.25, -0.2) is 4.79 Å². The van der Waals surface area contributed by atoms with Gasteiger partial charge in [0.1, 0.15) is 18.6 Å². The summed E-state index contributed by atoms with van der Waals surface area (Å²) in [5.41, 5.74) is 0.377. The summed E-state index contributed by atoms with van der Waals surface area (Å²) in [4.78, 5) is 27.5. The van der Waals surface area contributed by atoms with Crippen molar-refractivity contribution in [3.63, 3.8) is 0 Å². The maximum Gasteiger partial charge on any atom is 0.415 e. The quantitative estimate of drug-likeness (QED) is 0.524. The lowest BCUT2D eigenvalue weighted by molar-refractivity contribution is -0.389. The van der Waals surface area contributed by atoms with Gasteiger partial charge in [-0.05, 0) is 53.7 Å². The van der Waals surface area contributed by atoms with E-state index in [0.29, 0.717) is 24.8 Å². The third kappa shape index (κ3) is 4.74. The Morgan fingerprint density at radius 3 is 2.64 bits per heavy atom. The fourth-order valence-corrected chi connectivity index (χ4v) is 4.75. The number of piperidine rings is 1. The van der Waals surface area contributed by atoms with Crippen LogP contribution < -0.4 is 9.47 Å². The Morgan fingerprint density at radius 2 is 2.06 bits per heavy atom. The van der Waals surface area contributed by atoms with Crippen LogP contribution in [-0.2, 0) is 6.54 Å². The van der Waals surface area contributed by atoms with Gasteiger partial charge in [0.2, 0.25) is 0 Å². The lowest BCUT2D eigenvalue weighted by Gasteiger charge is -2.44. The number of likely N-dealkylation sites (tertiary alicyclic amines) is 1. The Morgan fingerprint density at radius 1 is 1.36 bits per heavy atom. The molecule has 1 amide bonds. The number of nitro groups is 1. The van der Waals surface area contributed by atoms with Gasteiger partial charge in [-0.15, -0.1) is 0 Å². The van der Waals surface area contributed by atoms with E-state index in [1.54, 1.807) is 9.47 Å². The number of carboxylic acid groups (broad SMARTS) is 1. The molecule has 3 atom stereocenters. The Bertz CT molecular complexity index is 1020. The van der Waals surface area contributed by atoms with Gasteiger partial charge in [0.25, 0.3) is 0 Å². The fraction of sp³-hybridized carbons (Fsp3) is 0.565. The van der Waals surface area contributed by atoms with Crippen molar-refractivity contribution in [2.45, 2.75) is 64.6 Å². The molecule has 0 spiro atoms. The number of imidazole rings is 1. The van der Waals surface area contributed by atoms with Crippen LogP contribution in [0.2, 0.25) is 0 Å². The lowest BCUT2D eigenvalue weighted by atomic mass is 9.75. The first-order chi connectivity index (χ1) is 15.4. The zero-order chi connectivity index (χ0) is 24.0. The summed E-state index contributed by atoms with van der Waals surface area (Å²) < 4.78 is 13.4. The Kier molecular flexibility index (Phi) is 5.71. The first-order valence-electron chi connectivity index (χ1n) is 11.1. The number of fused-ring (bicyclic) bond motifs is 1. The summed E-state index contributed by atoms with van der Waals surface area (Å²) in [6.45, 7) is 9.35. The summed E-state index contributed by atoms with van der Waals surface area (Å²) >= 11 is 0. The van der Waals surface area contributed by atoms with Gasteiger partial charge in [0.05, 0.1) is 6.54 Å². The zero-order valence-electron chi connectivity index (χ0n) is 19.4. The largest absolute Gasteiger partial charge is 0.489 e. The predicted octanol–water partition coefficient (Wildman–Crippen LogP) is 4.29. The number of carbonyl (C=O) groups is 1. The van der Waals surface area contributed by atoms with Crippen LogP contribution >= 0.6 is 0 Å². The van der Waals surface area contributed by atoms with Crippen molar-refractivity contribution in [1.82, 2.24) is 14.5 Å². The number of ether oxygens (including phenoxy) is 2. The molecule has 2 aliphatic heterocycles. The molecule has 1 fully saturated rings. The van der Waals surface area contributed by atoms with Crippen LogP contribution in [0, 0.1) is 15.5 Å². The molecule has 10 nitrogen and oxygen atoms in total. The molecule has 10 heteroatoms. The van der Waals surface area contributed by atoms with E-state index in [1.807, 2.05) is 31.2 Å². The first kappa shape index (κ1) is 22.9. The number of amides is 1. The molecule has 4 rings (SSSR count). The highest BCUT2D eigenvalue weighted by Gasteiger charge is 2.41. The highest BCUT2D eigenvalue weighted by atomic mass is 16.6. The minimum atomic E-state index is -0.851. The Labute approximate surface area is 192 Å². The molecule has 178 valence electrons. The molecule has 0 saturated carbocycles. The van der Waals surface area contributed by atoms with Crippen molar-refractivity contribution < 1.29 is 24.3 Å². The van der Waals surface area contributed by atoms with Crippen LogP contribution in [0.5, 0.6) is 11.8 Å². The molecule has 2 aromatic rings. The lowest BCUT2D eigenvalue weighted by Crippen LogP contribution is -2.51. The van der Waals surface area contributed by atoms with Crippen molar-refractivity contribution in [3.05, 3.63) is 46.1 Å². The third-order valence-corrected chi connectivity index (χ3v) is 6.50. The number of benzene rings is 1. The number of nitrogens with zero attached hydrogens (tertiary/aromatic N) is 4.